The van der Waals surface area contributed by atoms with E-state index in [2.05, 4.69) is 36.2 Å². The number of aliphatic hydroxyl groups is 2. The Labute approximate surface area is 308 Å². The maximum absolute atomic E-state index is 14.1. The van der Waals surface area contributed by atoms with E-state index < -0.39 is 66.7 Å². The maximum Gasteiger partial charge on any atom is 0.408 e. The average molecular weight is 742 g/mol. The first-order chi connectivity index (χ1) is 25.1. The monoisotopic (exact) mass is 741 g/mol. The van der Waals surface area contributed by atoms with Crippen molar-refractivity contribution in [3.63, 3.8) is 0 Å². The fourth-order valence-corrected chi connectivity index (χ4v) is 5.86. The highest BCUT2D eigenvalue weighted by Gasteiger charge is 2.46. The zero-order valence-corrected chi connectivity index (χ0v) is 31.2. The molecule has 1 fully saturated rings. The number of ether oxygens (including phenoxy) is 3. The molecule has 4 rings (SSSR count). The highest BCUT2D eigenvalue weighted by molar-refractivity contribution is 5.91. The molecule has 0 aliphatic carbocycles. The Hall–Kier alpha value is -5.07. The van der Waals surface area contributed by atoms with Crippen LogP contribution in [0.25, 0.3) is 11.2 Å². The number of fused-ring (bicyclic) bond motifs is 1. The van der Waals surface area contributed by atoms with Gasteiger partial charge in [-0.25, -0.2) is 19.7 Å². The average Bonchev–Trinajstić information content (AvgIpc) is 3.66. The Balaban J connectivity index is 1.57. The maximum atomic E-state index is 14.1. The van der Waals surface area contributed by atoms with Gasteiger partial charge in [0.15, 0.2) is 23.2 Å². The lowest BCUT2D eigenvalue weighted by Crippen LogP contribution is -2.58. The second kappa shape index (κ2) is 18.1. The Morgan fingerprint density at radius 2 is 1.74 bits per heavy atom. The van der Waals surface area contributed by atoms with Gasteiger partial charge in [0.1, 0.15) is 42.0 Å². The number of carbonyl (C=O) groups excluding carboxylic acids is 4. The highest BCUT2D eigenvalue weighted by atomic mass is 16.6. The van der Waals surface area contributed by atoms with Gasteiger partial charge in [0.05, 0.1) is 26.1 Å². The summed E-state index contributed by atoms with van der Waals surface area (Å²) in [7, 11) is 5.14. The summed E-state index contributed by atoms with van der Waals surface area (Å²) in [5, 5.41) is 32.7. The van der Waals surface area contributed by atoms with Crippen LogP contribution in [0.5, 0.6) is 5.75 Å². The van der Waals surface area contributed by atoms with Crippen LogP contribution in [0.2, 0.25) is 0 Å². The van der Waals surface area contributed by atoms with Crippen molar-refractivity contribution in [2.24, 2.45) is 0 Å². The van der Waals surface area contributed by atoms with Crippen molar-refractivity contribution in [2.75, 3.05) is 39.3 Å². The Kier molecular flexibility index (Phi) is 13.9. The van der Waals surface area contributed by atoms with Crippen LogP contribution in [0.1, 0.15) is 58.7 Å². The van der Waals surface area contributed by atoms with E-state index in [1.165, 1.54) is 31.3 Å². The molecule has 2 aromatic heterocycles. The summed E-state index contributed by atoms with van der Waals surface area (Å²) in [4.78, 5) is 66.8. The molecule has 0 radical (unpaired) electrons. The molecule has 1 aliphatic heterocycles. The largest absolute Gasteiger partial charge is 0.497 e. The molecule has 6 N–H and O–H groups in total. The third-order valence-corrected chi connectivity index (χ3v) is 8.43. The number of anilines is 1. The highest BCUT2D eigenvalue weighted by Crippen LogP contribution is 2.32. The number of nitrogens with one attached hydrogen (secondary N) is 4. The third-order valence-electron chi connectivity index (χ3n) is 8.43. The predicted molar refractivity (Wildman–Crippen MR) is 193 cm³/mol. The van der Waals surface area contributed by atoms with Crippen LogP contribution in [0.4, 0.5) is 10.6 Å². The van der Waals surface area contributed by atoms with Crippen LogP contribution < -0.4 is 30.9 Å². The fraction of sp³-hybridized carbons (Fsp3) is 0.571. The minimum absolute atomic E-state index is 0.0243. The van der Waals surface area contributed by atoms with E-state index in [0.717, 1.165) is 0 Å². The topological polar surface area (TPSA) is 231 Å². The second-order valence-corrected chi connectivity index (χ2v) is 14.0. The summed E-state index contributed by atoms with van der Waals surface area (Å²) >= 11 is 0. The van der Waals surface area contributed by atoms with Crippen molar-refractivity contribution < 1.29 is 43.6 Å². The van der Waals surface area contributed by atoms with Crippen LogP contribution in [-0.2, 0) is 30.3 Å². The molecular formula is C35H51N9O9. The Morgan fingerprint density at radius 3 is 2.36 bits per heavy atom. The zero-order valence-electron chi connectivity index (χ0n) is 31.2. The molecule has 18 nitrogen and oxygen atoms in total. The number of imidazole rings is 1. The number of hydrogen-bond acceptors (Lipinski definition) is 13. The van der Waals surface area contributed by atoms with Crippen LogP contribution in [0.3, 0.4) is 0 Å². The number of benzene rings is 1. The summed E-state index contributed by atoms with van der Waals surface area (Å²) in [6.45, 7) is 6.33. The van der Waals surface area contributed by atoms with E-state index in [0.29, 0.717) is 47.7 Å². The van der Waals surface area contributed by atoms with Crippen LogP contribution in [-0.4, -0.2) is 124 Å². The van der Waals surface area contributed by atoms with Gasteiger partial charge in [-0.1, -0.05) is 12.1 Å². The number of aromatic nitrogens is 4. The van der Waals surface area contributed by atoms with Gasteiger partial charge in [0, 0.05) is 34.0 Å². The van der Waals surface area contributed by atoms with Gasteiger partial charge in [-0.2, -0.15) is 0 Å². The molecule has 3 unspecified atom stereocenters. The third kappa shape index (κ3) is 11.0. The standard InChI is InChI=1S/C35H51N9O9/c1-20(46)36-15-9-8-10-23(41-34(50)53-35(2,3)4)31(48)40-24(16-21-11-13-22(51-7)14-12-21)32(49)42-26-25(17-45)52-33(28(26)47)44-19-39-27-29(43(5)6)37-18-38-30(27)44/h11-14,18-19,23-26,28,33,45,47H,8-10,15-17H2,1-7H3,(H,36,46)(H,40,48)(H,41,50)(H,42,49)/t23?,24?,25-,26?,28+,33-/m1/s1. The SMILES string of the molecule is COc1ccc(CC(NC(=O)C(CCCCNC(C)=O)NC(=O)OC(C)(C)C)C(=O)NC2[C@@H](CO)O[C@@H](n3cnc4c(N(C)C)ncnc43)[C@H]2O)cc1. The number of aliphatic hydroxyl groups excluding tert-OH is 2. The van der Waals surface area contributed by atoms with Gasteiger partial charge in [0.2, 0.25) is 17.7 Å². The number of carbonyl (C=O) groups is 4. The summed E-state index contributed by atoms with van der Waals surface area (Å²) in [5.74, 6) is -0.357. The molecule has 0 bridgehead atoms. The molecule has 0 saturated carbocycles. The lowest BCUT2D eigenvalue weighted by Gasteiger charge is -2.27. The van der Waals surface area contributed by atoms with Crippen LogP contribution in [0, 0.1) is 0 Å². The minimum atomic E-state index is -1.37. The molecule has 3 aromatic rings. The van der Waals surface area contributed by atoms with Gasteiger partial charge < -0.3 is 50.6 Å². The molecule has 3 heterocycles. The van der Waals surface area contributed by atoms with Gasteiger partial charge in [-0.05, 0) is 57.7 Å². The van der Waals surface area contributed by atoms with E-state index in [1.54, 1.807) is 64.0 Å². The summed E-state index contributed by atoms with van der Waals surface area (Å²) < 4.78 is 18.2. The van der Waals surface area contributed by atoms with E-state index in [9.17, 15) is 29.4 Å². The molecule has 53 heavy (non-hydrogen) atoms. The number of hydrogen-bond donors (Lipinski definition) is 6. The molecule has 1 saturated heterocycles. The Bertz CT molecular complexity index is 1710. The number of amides is 4. The predicted octanol–water partition coefficient (Wildman–Crippen LogP) is 0.564. The zero-order chi connectivity index (χ0) is 38.9. The van der Waals surface area contributed by atoms with Crippen molar-refractivity contribution >= 4 is 40.8 Å². The molecule has 1 aromatic carbocycles. The molecule has 290 valence electrons. The lowest BCUT2D eigenvalue weighted by atomic mass is 10.0. The number of methoxy groups -OCH3 is 1. The molecule has 6 atom stereocenters. The number of nitrogens with zero attached hydrogens (tertiary/aromatic N) is 5. The van der Waals surface area contributed by atoms with E-state index in [4.69, 9.17) is 14.2 Å². The van der Waals surface area contributed by atoms with Crippen molar-refractivity contribution in [3.8, 4) is 5.75 Å². The van der Waals surface area contributed by atoms with Gasteiger partial charge in [-0.15, -0.1) is 0 Å². The lowest BCUT2D eigenvalue weighted by molar-refractivity contribution is -0.131. The van der Waals surface area contributed by atoms with Gasteiger partial charge in [0.25, 0.3) is 0 Å². The summed E-state index contributed by atoms with van der Waals surface area (Å²) in [6, 6.07) is 3.53. The molecule has 0 spiro atoms. The van der Waals surface area contributed by atoms with Crippen LogP contribution >= 0.6 is 0 Å². The summed E-state index contributed by atoms with van der Waals surface area (Å²) in [5.41, 5.74) is 0.692. The number of rotatable bonds is 16. The first-order valence-corrected chi connectivity index (χ1v) is 17.4. The van der Waals surface area contributed by atoms with Crippen molar-refractivity contribution in [2.45, 2.75) is 95.5 Å². The Morgan fingerprint density at radius 1 is 1.02 bits per heavy atom. The van der Waals surface area contributed by atoms with Crippen molar-refractivity contribution in [1.29, 1.82) is 0 Å². The number of unbranched alkanes of at least 4 members (excludes halogenated alkanes) is 1. The molecule has 1 aliphatic rings. The number of alkyl carbamates (subject to hydrolysis) is 1. The van der Waals surface area contributed by atoms with Gasteiger partial charge >= 0.3 is 6.09 Å². The van der Waals surface area contributed by atoms with Crippen LogP contribution in [0.15, 0.2) is 36.9 Å². The smallest absolute Gasteiger partial charge is 0.408 e. The first-order valence-electron chi connectivity index (χ1n) is 17.4. The minimum Gasteiger partial charge on any atom is -0.497 e. The van der Waals surface area contributed by atoms with Crippen molar-refractivity contribution in [1.82, 2.24) is 40.8 Å². The van der Waals surface area contributed by atoms with Crippen molar-refractivity contribution in [3.05, 3.63) is 42.5 Å². The summed E-state index contributed by atoms with van der Waals surface area (Å²) in [6.07, 6.45) is -0.288. The molecule has 18 heteroatoms. The normalized spacial score (nSPS) is 19.6. The molecular weight excluding hydrogens is 690 g/mol. The van der Waals surface area contributed by atoms with Gasteiger partial charge in [-0.3, -0.25) is 19.0 Å². The first kappa shape index (κ1) is 40.7. The second-order valence-electron chi connectivity index (χ2n) is 14.0. The van der Waals surface area contributed by atoms with E-state index in [1.807, 2.05) is 0 Å². The van der Waals surface area contributed by atoms with E-state index >= 15 is 0 Å². The van der Waals surface area contributed by atoms with E-state index in [-0.39, 0.29) is 18.7 Å². The molecule has 4 amide bonds. The fourth-order valence-electron chi connectivity index (χ4n) is 5.86. The quantitative estimate of drug-likeness (QED) is 0.110.